The van der Waals surface area contributed by atoms with Crippen LogP contribution in [0.15, 0.2) is 78.0 Å². The lowest BCUT2D eigenvalue weighted by Crippen LogP contribution is -2.05. The number of aromatic nitrogens is 3. The normalized spacial score (nSPS) is 12.7. The Morgan fingerprint density at radius 1 is 1.00 bits per heavy atom. The molecule has 0 spiro atoms. The van der Waals surface area contributed by atoms with Crippen molar-refractivity contribution in [3.63, 3.8) is 0 Å². The number of nitrogens with zero attached hydrogens (tertiary/aromatic N) is 3. The van der Waals surface area contributed by atoms with Crippen molar-refractivity contribution in [2.75, 3.05) is 5.75 Å². The number of rotatable bonds is 5. The van der Waals surface area contributed by atoms with Crippen LogP contribution in [0.5, 0.6) is 0 Å². The number of carbonyl (C=O) groups excluding carboxylic acids is 1. The molecule has 1 aliphatic rings. The van der Waals surface area contributed by atoms with Crippen molar-refractivity contribution >= 4 is 34.0 Å². The topological polar surface area (TPSA) is 47.3 Å². The predicted molar refractivity (Wildman–Crippen MR) is 130 cm³/mol. The zero-order chi connectivity index (χ0) is 21.7. The molecule has 0 saturated carbocycles. The highest BCUT2D eigenvalue weighted by Crippen LogP contribution is 2.34. The summed E-state index contributed by atoms with van der Waals surface area (Å²) in [5.41, 5.74) is 7.34. The van der Waals surface area contributed by atoms with Gasteiger partial charge in [-0.15, -0.1) is 0 Å². The predicted octanol–water partition coefficient (Wildman–Crippen LogP) is 5.93. The lowest BCUT2D eigenvalue weighted by atomic mass is 9.98. The van der Waals surface area contributed by atoms with Crippen LogP contribution in [0, 0.1) is 6.92 Å². The van der Waals surface area contributed by atoms with E-state index >= 15 is 0 Å². The molecule has 2 aromatic heterocycles. The van der Waals surface area contributed by atoms with E-state index in [0.29, 0.717) is 5.75 Å². The van der Waals surface area contributed by atoms with E-state index in [-0.39, 0.29) is 5.78 Å². The fourth-order valence-corrected chi connectivity index (χ4v) is 5.63. The molecule has 0 amide bonds. The average Bonchev–Trinajstić information content (AvgIpc) is 3.44. The van der Waals surface area contributed by atoms with Gasteiger partial charge < -0.3 is 0 Å². The van der Waals surface area contributed by atoms with E-state index in [0.717, 1.165) is 51.3 Å². The van der Waals surface area contributed by atoms with Crippen molar-refractivity contribution in [1.29, 1.82) is 0 Å². The van der Waals surface area contributed by atoms with Crippen LogP contribution in [0.3, 0.4) is 0 Å². The van der Waals surface area contributed by atoms with E-state index in [1.807, 2.05) is 48.0 Å². The van der Waals surface area contributed by atoms with Crippen LogP contribution in [0.2, 0.25) is 0 Å². The second-order valence-electron chi connectivity index (χ2n) is 8.22. The number of hydrogen-bond donors (Lipinski definition) is 0. The average molecular weight is 436 g/mol. The minimum absolute atomic E-state index is 0.142. The minimum atomic E-state index is 0.142. The maximum absolute atomic E-state index is 13.3. The maximum atomic E-state index is 13.3. The summed E-state index contributed by atoms with van der Waals surface area (Å²) in [5, 5.41) is 7.89. The number of Topliss-reactive ketones (excluding diaryl/α,β-unsaturated/α-hetero) is 1. The quantitative estimate of drug-likeness (QED) is 0.195. The Hall–Kier alpha value is -3.44. The highest BCUT2D eigenvalue weighted by atomic mass is 32.2. The summed E-state index contributed by atoms with van der Waals surface area (Å²) < 4.78 is 1.85. The van der Waals surface area contributed by atoms with Crippen LogP contribution in [-0.2, 0) is 12.8 Å². The molecule has 0 radical (unpaired) electrons. The van der Waals surface area contributed by atoms with Gasteiger partial charge in [-0.2, -0.15) is 5.10 Å². The highest BCUT2D eigenvalue weighted by Gasteiger charge is 2.19. The number of benzene rings is 3. The van der Waals surface area contributed by atoms with E-state index in [1.165, 1.54) is 28.3 Å². The number of thioether (sulfide) groups is 1. The van der Waals surface area contributed by atoms with Gasteiger partial charge in [-0.25, -0.2) is 9.50 Å². The van der Waals surface area contributed by atoms with Crippen molar-refractivity contribution in [2.24, 2.45) is 0 Å². The van der Waals surface area contributed by atoms with Gasteiger partial charge in [0.15, 0.2) is 11.4 Å². The Morgan fingerprint density at radius 3 is 2.66 bits per heavy atom. The van der Waals surface area contributed by atoms with E-state index in [1.54, 1.807) is 0 Å². The molecular weight excluding hydrogens is 414 g/mol. The second kappa shape index (κ2) is 7.61. The monoisotopic (exact) mass is 435 g/mol. The summed E-state index contributed by atoms with van der Waals surface area (Å²) in [6.07, 6.45) is 3.99. The third kappa shape index (κ3) is 3.12. The Kier molecular flexibility index (Phi) is 4.58. The van der Waals surface area contributed by atoms with Gasteiger partial charge in [-0.05, 0) is 53.3 Å². The van der Waals surface area contributed by atoms with Crippen molar-refractivity contribution in [1.82, 2.24) is 14.6 Å². The van der Waals surface area contributed by atoms with Gasteiger partial charge in [-0.1, -0.05) is 72.4 Å². The summed E-state index contributed by atoms with van der Waals surface area (Å²) >= 11 is 1.52. The van der Waals surface area contributed by atoms with Crippen LogP contribution >= 0.6 is 11.8 Å². The zero-order valence-electron chi connectivity index (χ0n) is 17.7. The molecule has 0 atom stereocenters. The first-order valence-electron chi connectivity index (χ1n) is 10.8. The van der Waals surface area contributed by atoms with E-state index < -0.39 is 0 Å². The van der Waals surface area contributed by atoms with Gasteiger partial charge in [0.1, 0.15) is 5.03 Å². The summed E-state index contributed by atoms with van der Waals surface area (Å²) in [5.74, 6) is 0.501. The smallest absolute Gasteiger partial charge is 0.173 e. The number of aryl methyl sites for hydroxylation is 3. The molecule has 4 nitrogen and oxygen atoms in total. The highest BCUT2D eigenvalue weighted by molar-refractivity contribution is 8.00. The van der Waals surface area contributed by atoms with E-state index in [4.69, 9.17) is 4.98 Å². The first kappa shape index (κ1) is 19.3. The molecule has 32 heavy (non-hydrogen) atoms. The fourth-order valence-electron chi connectivity index (χ4n) is 4.68. The van der Waals surface area contributed by atoms with Crippen molar-refractivity contribution in [3.8, 4) is 11.1 Å². The van der Waals surface area contributed by atoms with Crippen LogP contribution in [0.25, 0.3) is 27.5 Å². The summed E-state index contributed by atoms with van der Waals surface area (Å²) in [7, 11) is 0. The zero-order valence-corrected chi connectivity index (χ0v) is 18.5. The molecule has 0 N–H and O–H groups in total. The first-order valence-corrected chi connectivity index (χ1v) is 11.8. The molecular formula is C27H21N3OS. The number of ketones is 1. The van der Waals surface area contributed by atoms with Crippen LogP contribution in [0.1, 0.15) is 27.2 Å². The molecule has 0 saturated heterocycles. The number of hydrogen-bond acceptors (Lipinski definition) is 4. The third-order valence-electron chi connectivity index (χ3n) is 6.18. The molecule has 0 unspecified atom stereocenters. The van der Waals surface area contributed by atoms with Crippen LogP contribution in [0.4, 0.5) is 0 Å². The Bertz CT molecular complexity index is 1490. The molecule has 0 fully saturated rings. The van der Waals surface area contributed by atoms with Crippen molar-refractivity contribution in [2.45, 2.75) is 24.8 Å². The molecule has 1 aliphatic carbocycles. The molecule has 5 aromatic rings. The number of fused-ring (bicyclic) bond motifs is 1. The molecule has 5 heteroatoms. The van der Waals surface area contributed by atoms with Gasteiger partial charge in [0.25, 0.3) is 0 Å². The summed E-state index contributed by atoms with van der Waals surface area (Å²) in [6, 6.07) is 22.6. The van der Waals surface area contributed by atoms with E-state index in [2.05, 4.69) is 41.5 Å². The Labute approximate surface area is 190 Å². The second-order valence-corrected chi connectivity index (χ2v) is 9.21. The van der Waals surface area contributed by atoms with Gasteiger partial charge >= 0.3 is 0 Å². The van der Waals surface area contributed by atoms with Gasteiger partial charge in [0, 0.05) is 16.8 Å². The molecule has 6 rings (SSSR count). The third-order valence-corrected chi connectivity index (χ3v) is 7.17. The number of carbonyl (C=O) groups is 1. The van der Waals surface area contributed by atoms with Gasteiger partial charge in [-0.3, -0.25) is 4.79 Å². The summed E-state index contributed by atoms with van der Waals surface area (Å²) in [6.45, 7) is 1.98. The van der Waals surface area contributed by atoms with Crippen molar-refractivity contribution in [3.05, 3.63) is 95.3 Å². The Morgan fingerprint density at radius 2 is 1.81 bits per heavy atom. The standard InChI is InChI=1S/C27H21N3OS/c1-17-14-25(30-27(29-17)23(15-28-30)18-6-3-2-4-7-18)32-16-24(31)21-13-12-20-11-10-19-8-5-9-22(21)26(19)20/h2-9,12-15H,10-11,16H2,1H3. The van der Waals surface area contributed by atoms with E-state index in [9.17, 15) is 4.79 Å². The molecule has 156 valence electrons. The fraction of sp³-hybridized carbons (Fsp3) is 0.148. The lowest BCUT2D eigenvalue weighted by Gasteiger charge is -2.09. The van der Waals surface area contributed by atoms with Crippen LogP contribution < -0.4 is 0 Å². The van der Waals surface area contributed by atoms with Crippen LogP contribution in [-0.4, -0.2) is 26.1 Å². The molecule has 0 aliphatic heterocycles. The lowest BCUT2D eigenvalue weighted by molar-refractivity contribution is 0.102. The van der Waals surface area contributed by atoms with Crippen molar-refractivity contribution < 1.29 is 4.79 Å². The maximum Gasteiger partial charge on any atom is 0.173 e. The minimum Gasteiger partial charge on any atom is -0.293 e. The molecule has 0 bridgehead atoms. The first-order chi connectivity index (χ1) is 15.7. The van der Waals surface area contributed by atoms with Gasteiger partial charge in [0.05, 0.1) is 11.9 Å². The molecule has 3 aromatic carbocycles. The molecule has 2 heterocycles. The summed E-state index contributed by atoms with van der Waals surface area (Å²) in [4.78, 5) is 18.0. The SMILES string of the molecule is Cc1cc(SCC(=O)c2ccc3c4c(cccc24)CC3)n2ncc(-c3ccccc3)c2n1. The largest absolute Gasteiger partial charge is 0.293 e. The Balaban J connectivity index is 1.33. The van der Waals surface area contributed by atoms with Gasteiger partial charge in [0.2, 0.25) is 0 Å².